The number of hydrogen-bond donors (Lipinski definition) is 0. The summed E-state index contributed by atoms with van der Waals surface area (Å²) in [5.41, 5.74) is 0. The molecule has 1 rings (SSSR count). The zero-order chi connectivity index (χ0) is 7.78. The van der Waals surface area contributed by atoms with Crippen LogP contribution < -0.4 is 0 Å². The van der Waals surface area contributed by atoms with Crippen molar-refractivity contribution in [1.82, 2.24) is 0 Å². The fraction of sp³-hybridized carbons (Fsp3) is 0.800. The van der Waals surface area contributed by atoms with Crippen molar-refractivity contribution in [3.63, 3.8) is 0 Å². The Morgan fingerprint density at radius 1 is 1.70 bits per heavy atom. The lowest BCUT2D eigenvalue weighted by Gasteiger charge is -1.98. The molecule has 1 saturated heterocycles. The normalized spacial score (nSPS) is 30.9. The largest absolute Gasteiger partial charge is 0.295 e. The molecule has 0 aromatic carbocycles. The van der Waals surface area contributed by atoms with Crippen LogP contribution in [0.25, 0.3) is 0 Å². The predicted molar refractivity (Wildman–Crippen MR) is 34.0 cm³/mol. The molecular weight excluding hydrogens is 156 g/mol. The highest BCUT2D eigenvalue weighted by molar-refractivity contribution is 7.87. The minimum atomic E-state index is -3.51. The van der Waals surface area contributed by atoms with Crippen LogP contribution in [0.1, 0.15) is 13.3 Å². The summed E-state index contributed by atoms with van der Waals surface area (Å²) in [5.74, 6) is -0.784. The van der Waals surface area contributed by atoms with Gasteiger partial charge in [-0.3, -0.25) is 8.98 Å². The number of carbonyl (C=O) groups excluding carboxylic acids is 1. The van der Waals surface area contributed by atoms with Crippen LogP contribution >= 0.6 is 0 Å². The summed E-state index contributed by atoms with van der Waals surface area (Å²) < 4.78 is 25.6. The van der Waals surface area contributed by atoms with E-state index in [9.17, 15) is 13.2 Å². The lowest BCUT2D eigenvalue weighted by molar-refractivity contribution is -0.121. The minimum absolute atomic E-state index is 0.331. The molecule has 1 aliphatic heterocycles. The smallest absolute Gasteiger partial charge is 0.275 e. The Morgan fingerprint density at radius 2 is 2.30 bits per heavy atom. The van der Waals surface area contributed by atoms with Crippen molar-refractivity contribution in [2.24, 2.45) is 0 Å². The van der Waals surface area contributed by atoms with E-state index in [0.29, 0.717) is 6.42 Å². The van der Waals surface area contributed by atoms with Crippen molar-refractivity contribution in [1.29, 1.82) is 0 Å². The Morgan fingerprint density at radius 3 is 2.50 bits per heavy atom. The second-order valence-corrected chi connectivity index (χ2v) is 3.76. The average molecular weight is 164 g/mol. The Bertz CT molecular complexity index is 240. The summed E-state index contributed by atoms with van der Waals surface area (Å²) in [7, 11) is -3.51. The summed E-state index contributed by atoms with van der Waals surface area (Å²) in [5, 5.41) is 0. The molecule has 0 aliphatic carbocycles. The van der Waals surface area contributed by atoms with Crippen LogP contribution in [0.4, 0.5) is 0 Å². The first-order valence-electron chi connectivity index (χ1n) is 2.99. The molecule has 1 atom stereocenters. The third-order valence-electron chi connectivity index (χ3n) is 1.31. The highest BCUT2D eigenvalue weighted by Gasteiger charge is 2.35. The van der Waals surface area contributed by atoms with E-state index in [4.69, 9.17) is 0 Å². The maximum absolute atomic E-state index is 10.7. The fourth-order valence-corrected chi connectivity index (χ4v) is 2.03. The van der Waals surface area contributed by atoms with Crippen molar-refractivity contribution >= 4 is 15.9 Å². The van der Waals surface area contributed by atoms with Crippen LogP contribution in [0.5, 0.6) is 0 Å². The highest BCUT2D eigenvalue weighted by atomic mass is 32.2. The van der Waals surface area contributed by atoms with Gasteiger partial charge in [-0.1, -0.05) is 6.92 Å². The maximum atomic E-state index is 10.7. The number of ketones is 1. The van der Waals surface area contributed by atoms with Gasteiger partial charge in [0.2, 0.25) is 0 Å². The molecule has 0 spiro atoms. The van der Waals surface area contributed by atoms with Crippen molar-refractivity contribution in [2.75, 3.05) is 5.75 Å². The van der Waals surface area contributed by atoms with Gasteiger partial charge < -0.3 is 0 Å². The molecular formula is C5H8O4S. The first-order chi connectivity index (χ1) is 4.55. The summed E-state index contributed by atoms with van der Waals surface area (Å²) in [6.45, 7) is 1.71. The molecule has 1 aliphatic rings. The third-order valence-corrected chi connectivity index (χ3v) is 2.48. The zero-order valence-corrected chi connectivity index (χ0v) is 6.35. The molecule has 0 amide bonds. The predicted octanol–water partition coefficient (Wildman–Crippen LogP) is -0.306. The van der Waals surface area contributed by atoms with E-state index in [1.165, 1.54) is 0 Å². The van der Waals surface area contributed by atoms with Crippen LogP contribution in [0.3, 0.4) is 0 Å². The monoisotopic (exact) mass is 164 g/mol. The summed E-state index contributed by atoms with van der Waals surface area (Å²) >= 11 is 0. The van der Waals surface area contributed by atoms with Crippen LogP contribution in [0, 0.1) is 0 Å². The topological polar surface area (TPSA) is 60.4 Å². The van der Waals surface area contributed by atoms with Gasteiger partial charge in [0.1, 0.15) is 11.9 Å². The first kappa shape index (κ1) is 7.68. The number of hydrogen-bond acceptors (Lipinski definition) is 4. The Hall–Kier alpha value is -0.420. The zero-order valence-electron chi connectivity index (χ0n) is 5.53. The molecule has 0 saturated carbocycles. The van der Waals surface area contributed by atoms with Gasteiger partial charge in [-0.05, 0) is 6.42 Å². The molecule has 10 heavy (non-hydrogen) atoms. The van der Waals surface area contributed by atoms with E-state index in [-0.39, 0.29) is 5.78 Å². The number of Topliss-reactive ketones (excluding diaryl/α,β-unsaturated/α-hetero) is 1. The van der Waals surface area contributed by atoms with E-state index in [1.807, 2.05) is 0 Å². The molecule has 0 aromatic heterocycles. The van der Waals surface area contributed by atoms with Crippen molar-refractivity contribution in [3.05, 3.63) is 0 Å². The molecule has 58 valence electrons. The third kappa shape index (κ3) is 1.35. The van der Waals surface area contributed by atoms with E-state index in [2.05, 4.69) is 4.18 Å². The Labute approximate surface area is 59.3 Å². The second kappa shape index (κ2) is 2.32. The van der Waals surface area contributed by atoms with E-state index in [0.717, 1.165) is 0 Å². The Kier molecular flexibility index (Phi) is 1.78. The van der Waals surface area contributed by atoms with Gasteiger partial charge in [0.25, 0.3) is 10.1 Å². The molecule has 1 fully saturated rings. The first-order valence-corrected chi connectivity index (χ1v) is 4.56. The van der Waals surface area contributed by atoms with Crippen molar-refractivity contribution in [2.45, 2.75) is 19.4 Å². The molecule has 0 radical (unpaired) electrons. The molecule has 0 aromatic rings. The van der Waals surface area contributed by atoms with Crippen LogP contribution in [0.15, 0.2) is 0 Å². The molecule has 1 heterocycles. The van der Waals surface area contributed by atoms with Gasteiger partial charge in [0, 0.05) is 0 Å². The van der Waals surface area contributed by atoms with E-state index < -0.39 is 22.0 Å². The number of rotatable bonds is 1. The minimum Gasteiger partial charge on any atom is -0.295 e. The number of carbonyl (C=O) groups is 1. The summed E-state index contributed by atoms with van der Waals surface area (Å²) in [4.78, 5) is 10.7. The van der Waals surface area contributed by atoms with Crippen molar-refractivity contribution < 1.29 is 17.4 Å². The SMILES string of the molecule is CCC1OS(=O)(=O)CC1=O. The van der Waals surface area contributed by atoms with Gasteiger partial charge in [-0.25, -0.2) is 0 Å². The van der Waals surface area contributed by atoms with Gasteiger partial charge in [0.15, 0.2) is 5.78 Å². The van der Waals surface area contributed by atoms with Gasteiger partial charge >= 0.3 is 0 Å². The Balaban J connectivity index is 2.80. The highest BCUT2D eigenvalue weighted by Crippen LogP contribution is 2.14. The van der Waals surface area contributed by atoms with Gasteiger partial charge in [-0.2, -0.15) is 8.42 Å². The summed E-state index contributed by atoms with van der Waals surface area (Å²) in [6, 6.07) is 0. The average Bonchev–Trinajstić information content (AvgIpc) is 2.05. The van der Waals surface area contributed by atoms with Gasteiger partial charge in [-0.15, -0.1) is 0 Å². The van der Waals surface area contributed by atoms with Crippen LogP contribution in [-0.2, 0) is 19.1 Å². The maximum Gasteiger partial charge on any atom is 0.275 e. The molecule has 1 unspecified atom stereocenters. The van der Waals surface area contributed by atoms with E-state index >= 15 is 0 Å². The van der Waals surface area contributed by atoms with Gasteiger partial charge in [0.05, 0.1) is 0 Å². The molecule has 0 N–H and O–H groups in total. The molecule has 5 heteroatoms. The lowest BCUT2D eigenvalue weighted by atomic mass is 10.2. The van der Waals surface area contributed by atoms with Crippen molar-refractivity contribution in [3.8, 4) is 0 Å². The standard InChI is InChI=1S/C5H8O4S/c1-2-5-4(6)3-10(7,8)9-5/h5H,2-3H2,1H3. The van der Waals surface area contributed by atoms with Crippen LogP contribution in [-0.4, -0.2) is 26.1 Å². The van der Waals surface area contributed by atoms with Crippen LogP contribution in [0.2, 0.25) is 0 Å². The summed E-state index contributed by atoms with van der Waals surface area (Å²) in [6.07, 6.45) is -0.289. The molecule has 0 bridgehead atoms. The second-order valence-electron chi connectivity index (χ2n) is 2.16. The van der Waals surface area contributed by atoms with E-state index in [1.54, 1.807) is 6.92 Å². The fourth-order valence-electron chi connectivity index (χ4n) is 0.828. The lowest BCUT2D eigenvalue weighted by Crippen LogP contribution is -2.14. The molecule has 4 nitrogen and oxygen atoms in total. The quantitative estimate of drug-likeness (QED) is 0.499.